The van der Waals surface area contributed by atoms with Crippen LogP contribution in [0, 0.1) is 29.1 Å². The van der Waals surface area contributed by atoms with Crippen LogP contribution in [-0.4, -0.2) is 5.91 Å². The third-order valence-electron chi connectivity index (χ3n) is 3.87. The van der Waals surface area contributed by atoms with Gasteiger partial charge in [0.05, 0.1) is 0 Å². The van der Waals surface area contributed by atoms with Gasteiger partial charge in [0.1, 0.15) is 35.2 Å². The molecule has 3 aromatic rings. The van der Waals surface area contributed by atoms with E-state index < -0.39 is 58.2 Å². The molecule has 0 radical (unpaired) electrons. The minimum absolute atomic E-state index is 0.0280. The SMILES string of the molecule is O=C(Nc1c(F)c(F)c(C(F)(F)F)c(F)c1F)c1ccc(COc2ccc(F)cc2)o1. The van der Waals surface area contributed by atoms with E-state index in [2.05, 4.69) is 0 Å². The van der Waals surface area contributed by atoms with E-state index in [9.17, 15) is 39.9 Å². The van der Waals surface area contributed by atoms with Crippen LogP contribution in [0.4, 0.5) is 40.8 Å². The van der Waals surface area contributed by atoms with Crippen LogP contribution in [0.1, 0.15) is 21.9 Å². The normalized spacial score (nSPS) is 11.5. The lowest BCUT2D eigenvalue weighted by Gasteiger charge is -2.14. The van der Waals surface area contributed by atoms with Gasteiger partial charge >= 0.3 is 6.18 Å². The van der Waals surface area contributed by atoms with Gasteiger partial charge in [-0.3, -0.25) is 4.79 Å². The van der Waals surface area contributed by atoms with Crippen LogP contribution in [0.5, 0.6) is 5.75 Å². The van der Waals surface area contributed by atoms with Crippen molar-refractivity contribution in [3.63, 3.8) is 0 Å². The number of alkyl halides is 3. The van der Waals surface area contributed by atoms with Crippen molar-refractivity contribution in [2.24, 2.45) is 0 Å². The van der Waals surface area contributed by atoms with E-state index in [1.54, 1.807) is 0 Å². The highest BCUT2D eigenvalue weighted by atomic mass is 19.4. The number of hydrogen-bond donors (Lipinski definition) is 1. The molecule has 31 heavy (non-hydrogen) atoms. The Morgan fingerprint density at radius 3 is 2.00 bits per heavy atom. The van der Waals surface area contributed by atoms with Gasteiger partial charge in [-0.25, -0.2) is 22.0 Å². The van der Waals surface area contributed by atoms with E-state index in [4.69, 9.17) is 9.15 Å². The summed E-state index contributed by atoms with van der Waals surface area (Å²) in [6.45, 7) is -0.245. The number of amides is 1. The monoisotopic (exact) mass is 451 g/mol. The molecule has 0 saturated heterocycles. The van der Waals surface area contributed by atoms with Crippen molar-refractivity contribution in [3.8, 4) is 5.75 Å². The lowest BCUT2D eigenvalue weighted by molar-refractivity contribution is -0.143. The molecule has 4 nitrogen and oxygen atoms in total. The molecule has 0 aliphatic carbocycles. The summed E-state index contributed by atoms with van der Waals surface area (Å²) in [6, 6.07) is 7.12. The van der Waals surface area contributed by atoms with E-state index in [0.717, 1.165) is 18.2 Å². The maximum Gasteiger partial charge on any atom is 0.422 e. The summed E-state index contributed by atoms with van der Waals surface area (Å²) in [7, 11) is 0. The second kappa shape index (κ2) is 8.28. The van der Waals surface area contributed by atoms with Crippen molar-refractivity contribution >= 4 is 11.6 Å². The van der Waals surface area contributed by atoms with E-state index in [1.807, 2.05) is 0 Å². The van der Waals surface area contributed by atoms with Gasteiger partial charge in [0.2, 0.25) is 0 Å². The number of anilines is 1. The zero-order chi connectivity index (χ0) is 22.9. The van der Waals surface area contributed by atoms with Crippen molar-refractivity contribution < 1.29 is 49.1 Å². The van der Waals surface area contributed by atoms with Crippen molar-refractivity contribution in [3.05, 3.63) is 82.6 Å². The Balaban J connectivity index is 1.77. The van der Waals surface area contributed by atoms with E-state index in [0.29, 0.717) is 0 Å². The van der Waals surface area contributed by atoms with Crippen LogP contribution in [0.25, 0.3) is 0 Å². The van der Waals surface area contributed by atoms with E-state index in [1.165, 1.54) is 23.5 Å². The summed E-state index contributed by atoms with van der Waals surface area (Å²) in [5, 5.41) is 1.44. The van der Waals surface area contributed by atoms with E-state index >= 15 is 0 Å². The Morgan fingerprint density at radius 2 is 1.45 bits per heavy atom. The summed E-state index contributed by atoms with van der Waals surface area (Å²) in [6.07, 6.45) is -5.71. The van der Waals surface area contributed by atoms with Crippen LogP contribution in [0.3, 0.4) is 0 Å². The Morgan fingerprint density at radius 1 is 0.871 bits per heavy atom. The minimum Gasteiger partial charge on any atom is -0.486 e. The fourth-order valence-corrected chi connectivity index (χ4v) is 2.43. The van der Waals surface area contributed by atoms with Gasteiger partial charge in [0.25, 0.3) is 5.91 Å². The first kappa shape index (κ1) is 22.1. The molecule has 12 heteroatoms. The quantitative estimate of drug-likeness (QED) is 0.393. The van der Waals surface area contributed by atoms with Gasteiger partial charge in [0.15, 0.2) is 29.0 Å². The molecule has 164 valence electrons. The van der Waals surface area contributed by atoms with Gasteiger partial charge in [0, 0.05) is 0 Å². The lowest BCUT2D eigenvalue weighted by Crippen LogP contribution is -2.20. The number of furan rings is 1. The number of halogens is 8. The van der Waals surface area contributed by atoms with Crippen molar-refractivity contribution in [2.45, 2.75) is 12.8 Å². The third kappa shape index (κ3) is 4.62. The summed E-state index contributed by atoms with van der Waals surface area (Å²) >= 11 is 0. The first-order chi connectivity index (χ1) is 14.5. The molecule has 0 fully saturated rings. The van der Waals surface area contributed by atoms with Crippen molar-refractivity contribution in [2.75, 3.05) is 5.32 Å². The number of nitrogens with one attached hydrogen (secondary N) is 1. The number of carbonyl (C=O) groups excluding carboxylic acids is 1. The molecular formula is C19H9F8NO3. The molecule has 0 saturated carbocycles. The van der Waals surface area contributed by atoms with Crippen LogP contribution in [0.15, 0.2) is 40.8 Å². The average molecular weight is 451 g/mol. The van der Waals surface area contributed by atoms with Gasteiger partial charge in [-0.15, -0.1) is 0 Å². The summed E-state index contributed by atoms with van der Waals surface area (Å²) in [4.78, 5) is 12.1. The number of ether oxygens (including phenoxy) is 1. The zero-order valence-corrected chi connectivity index (χ0v) is 14.9. The predicted octanol–water partition coefficient (Wildman–Crippen LogP) is 5.83. The Labute approximate surface area is 168 Å². The second-order valence-electron chi connectivity index (χ2n) is 5.97. The van der Waals surface area contributed by atoms with Crippen molar-refractivity contribution in [1.82, 2.24) is 0 Å². The topological polar surface area (TPSA) is 51.5 Å². The summed E-state index contributed by atoms with van der Waals surface area (Å²) in [5.74, 6) is -12.5. The predicted molar refractivity (Wildman–Crippen MR) is 88.7 cm³/mol. The highest BCUT2D eigenvalue weighted by Crippen LogP contribution is 2.38. The maximum absolute atomic E-state index is 13.9. The van der Waals surface area contributed by atoms with Gasteiger partial charge < -0.3 is 14.5 Å². The molecule has 0 atom stereocenters. The average Bonchev–Trinajstić information content (AvgIpc) is 3.17. The third-order valence-corrected chi connectivity index (χ3v) is 3.87. The number of hydrogen-bond acceptors (Lipinski definition) is 3. The Bertz CT molecular complexity index is 1090. The standard InChI is InChI=1S/C19H9F8NO3/c20-8-1-3-9(4-2-8)30-7-10-5-6-11(31-10)18(29)28-17-15(23)13(21)12(19(25,26)27)14(22)16(17)24/h1-6H,7H2,(H,28,29). The number of carbonyl (C=O) groups is 1. The first-order valence-corrected chi connectivity index (χ1v) is 8.20. The molecule has 0 bridgehead atoms. The Hall–Kier alpha value is -3.57. The van der Waals surface area contributed by atoms with Crippen LogP contribution < -0.4 is 10.1 Å². The van der Waals surface area contributed by atoms with Crippen LogP contribution >= 0.6 is 0 Å². The van der Waals surface area contributed by atoms with E-state index in [-0.39, 0.29) is 18.1 Å². The maximum atomic E-state index is 13.9. The zero-order valence-electron chi connectivity index (χ0n) is 14.9. The Kier molecular flexibility index (Phi) is 5.91. The first-order valence-electron chi connectivity index (χ1n) is 8.20. The molecular weight excluding hydrogens is 442 g/mol. The van der Waals surface area contributed by atoms with Gasteiger partial charge in [-0.2, -0.15) is 13.2 Å². The lowest BCUT2D eigenvalue weighted by atomic mass is 10.1. The van der Waals surface area contributed by atoms with Gasteiger partial charge in [-0.1, -0.05) is 0 Å². The molecule has 1 N–H and O–H groups in total. The molecule has 2 aromatic carbocycles. The molecule has 1 amide bonds. The molecule has 0 unspecified atom stereocenters. The molecule has 0 aliphatic rings. The fourth-order valence-electron chi connectivity index (χ4n) is 2.43. The molecule has 0 aliphatic heterocycles. The summed E-state index contributed by atoms with van der Waals surface area (Å²) < 4.78 is 116. The molecule has 3 rings (SSSR count). The molecule has 1 aromatic heterocycles. The number of rotatable bonds is 5. The molecule has 0 spiro atoms. The van der Waals surface area contributed by atoms with Crippen LogP contribution in [-0.2, 0) is 12.8 Å². The molecule has 1 heterocycles. The van der Waals surface area contributed by atoms with Crippen LogP contribution in [0.2, 0.25) is 0 Å². The highest BCUT2D eigenvalue weighted by Gasteiger charge is 2.42. The van der Waals surface area contributed by atoms with Crippen molar-refractivity contribution in [1.29, 1.82) is 0 Å². The largest absolute Gasteiger partial charge is 0.486 e. The second-order valence-corrected chi connectivity index (χ2v) is 5.97. The smallest absolute Gasteiger partial charge is 0.422 e. The fraction of sp³-hybridized carbons (Fsp3) is 0.105. The summed E-state index contributed by atoms with van der Waals surface area (Å²) in [5.41, 5.74) is -4.52. The number of benzene rings is 2. The minimum atomic E-state index is -5.71. The highest BCUT2D eigenvalue weighted by molar-refractivity contribution is 6.02. The van der Waals surface area contributed by atoms with Gasteiger partial charge in [-0.05, 0) is 36.4 Å².